The van der Waals surface area contributed by atoms with Crippen LogP contribution < -0.4 is 0 Å². The third kappa shape index (κ3) is 6.13. The number of nitrogens with one attached hydrogen (secondary N) is 1. The molecule has 0 atom stereocenters. The minimum atomic E-state index is 0.471. The molecule has 0 spiro atoms. The van der Waals surface area contributed by atoms with E-state index < -0.39 is 0 Å². The van der Waals surface area contributed by atoms with Crippen molar-refractivity contribution >= 4 is 77.7 Å². The fraction of sp³-hybridized carbons (Fsp3) is 0.0816. The van der Waals surface area contributed by atoms with Crippen molar-refractivity contribution < 1.29 is 0 Å². The first-order valence-electron chi connectivity index (χ1n) is 17.7. The Bertz CT molecular complexity index is 2650. The van der Waals surface area contributed by atoms with E-state index >= 15 is 0 Å². The molecule has 0 unspecified atom stereocenters. The monoisotopic (exact) mass is 673 g/mol. The normalized spacial score (nSPS) is 13.3. The van der Waals surface area contributed by atoms with Gasteiger partial charge in [0.25, 0.3) is 0 Å². The third-order valence-corrected chi connectivity index (χ3v) is 11.3. The molecule has 1 N–H and O–H groups in total. The van der Waals surface area contributed by atoms with Crippen molar-refractivity contribution in [1.29, 1.82) is 5.41 Å². The second-order valence-electron chi connectivity index (χ2n) is 13.2. The fourth-order valence-corrected chi connectivity index (χ4v) is 8.81. The van der Waals surface area contributed by atoms with Crippen LogP contribution in [0.2, 0.25) is 0 Å². The Morgan fingerprint density at radius 3 is 2.06 bits per heavy atom. The highest BCUT2D eigenvalue weighted by Crippen LogP contribution is 2.40. The molecular formula is C49H39NS. The topological polar surface area (TPSA) is 23.9 Å². The Kier molecular flexibility index (Phi) is 8.78. The molecule has 0 saturated heterocycles. The van der Waals surface area contributed by atoms with Gasteiger partial charge in [-0.2, -0.15) is 0 Å². The smallest absolute Gasteiger partial charge is 0.0540 e. The largest absolute Gasteiger partial charge is 0.301 e. The maximum Gasteiger partial charge on any atom is 0.0540 e. The Morgan fingerprint density at radius 2 is 1.35 bits per heavy atom. The highest BCUT2D eigenvalue weighted by atomic mass is 32.1. The Labute approximate surface area is 304 Å². The highest BCUT2D eigenvalue weighted by molar-refractivity contribution is 7.20. The summed E-state index contributed by atoms with van der Waals surface area (Å²) in [5, 5.41) is 17.8. The van der Waals surface area contributed by atoms with Crippen molar-refractivity contribution in [2.75, 3.05) is 0 Å². The van der Waals surface area contributed by atoms with Crippen LogP contribution in [-0.2, 0) is 12.8 Å². The second-order valence-corrected chi connectivity index (χ2v) is 14.3. The molecule has 51 heavy (non-hydrogen) atoms. The summed E-state index contributed by atoms with van der Waals surface area (Å²) >= 11 is 1.86. The van der Waals surface area contributed by atoms with Crippen molar-refractivity contribution in [2.45, 2.75) is 26.7 Å². The number of rotatable bonds is 8. The maximum atomic E-state index is 8.64. The maximum absolute atomic E-state index is 8.64. The van der Waals surface area contributed by atoms with Gasteiger partial charge >= 0.3 is 0 Å². The Morgan fingerprint density at radius 1 is 0.725 bits per heavy atom. The highest BCUT2D eigenvalue weighted by Gasteiger charge is 2.14. The lowest BCUT2D eigenvalue weighted by molar-refractivity contribution is 1.10. The molecule has 7 aromatic rings. The van der Waals surface area contributed by atoms with E-state index in [1.807, 2.05) is 35.6 Å². The lowest BCUT2D eigenvalue weighted by Crippen LogP contribution is -1.95. The van der Waals surface area contributed by atoms with Crippen LogP contribution in [-0.4, -0.2) is 5.71 Å². The first-order chi connectivity index (χ1) is 25.0. The summed E-state index contributed by atoms with van der Waals surface area (Å²) in [6.45, 7) is 8.15. The molecular weight excluding hydrogens is 635 g/mol. The summed E-state index contributed by atoms with van der Waals surface area (Å²) in [4.78, 5) is 1.29. The van der Waals surface area contributed by atoms with Crippen LogP contribution in [0.25, 0.3) is 71.8 Å². The summed E-state index contributed by atoms with van der Waals surface area (Å²) in [5.74, 6) is 0. The van der Waals surface area contributed by atoms with E-state index in [0.29, 0.717) is 5.71 Å². The molecule has 0 bridgehead atoms. The Hall–Kier alpha value is -5.83. The first-order valence-corrected chi connectivity index (χ1v) is 18.5. The number of benzene rings is 6. The quantitative estimate of drug-likeness (QED) is 0.0943. The molecule has 8 rings (SSSR count). The number of fused-ring (bicyclic) bond motifs is 9. The van der Waals surface area contributed by atoms with Gasteiger partial charge in [0.1, 0.15) is 0 Å². The van der Waals surface area contributed by atoms with Crippen LogP contribution in [0, 0.1) is 12.3 Å². The zero-order valence-corrected chi connectivity index (χ0v) is 29.9. The van der Waals surface area contributed by atoms with Crippen LogP contribution >= 0.6 is 11.3 Å². The summed E-state index contributed by atoms with van der Waals surface area (Å²) in [6, 6.07) is 35.7. The van der Waals surface area contributed by atoms with Gasteiger partial charge < -0.3 is 5.41 Å². The molecule has 1 aliphatic rings. The van der Waals surface area contributed by atoms with Crippen LogP contribution in [0.15, 0.2) is 152 Å². The molecule has 0 saturated carbocycles. The summed E-state index contributed by atoms with van der Waals surface area (Å²) in [5.41, 5.74) is 10.4. The summed E-state index contributed by atoms with van der Waals surface area (Å²) in [6.07, 6.45) is 22.4. The van der Waals surface area contributed by atoms with Crippen LogP contribution in [0.1, 0.15) is 39.6 Å². The third-order valence-electron chi connectivity index (χ3n) is 10.2. The lowest BCUT2D eigenvalue weighted by atomic mass is 9.92. The van der Waals surface area contributed by atoms with Crippen LogP contribution in [0.3, 0.4) is 0 Å². The van der Waals surface area contributed by atoms with Gasteiger partial charge in [0, 0.05) is 9.58 Å². The molecule has 0 amide bonds. The zero-order chi connectivity index (χ0) is 34.9. The van der Waals surface area contributed by atoms with E-state index in [9.17, 15) is 0 Å². The van der Waals surface area contributed by atoms with E-state index in [0.717, 1.165) is 24.0 Å². The van der Waals surface area contributed by atoms with Crippen LogP contribution in [0.5, 0.6) is 0 Å². The molecule has 6 aromatic carbocycles. The molecule has 246 valence electrons. The van der Waals surface area contributed by atoms with Gasteiger partial charge in [-0.1, -0.05) is 141 Å². The average molecular weight is 674 g/mol. The summed E-state index contributed by atoms with van der Waals surface area (Å²) in [7, 11) is 0. The minimum Gasteiger partial charge on any atom is -0.301 e. The average Bonchev–Trinajstić information content (AvgIpc) is 3.37. The molecule has 0 fully saturated rings. The number of allylic oxidation sites excluding steroid dienone is 8. The first kappa shape index (κ1) is 32.4. The predicted molar refractivity (Wildman–Crippen MR) is 226 cm³/mol. The minimum absolute atomic E-state index is 0.471. The molecule has 1 aliphatic carbocycles. The van der Waals surface area contributed by atoms with Crippen molar-refractivity contribution in [3.63, 3.8) is 0 Å². The van der Waals surface area contributed by atoms with Gasteiger partial charge in [-0.25, -0.2) is 0 Å². The molecule has 0 aliphatic heterocycles. The van der Waals surface area contributed by atoms with E-state index in [4.69, 9.17) is 5.41 Å². The molecule has 1 nitrogen and oxygen atoms in total. The summed E-state index contributed by atoms with van der Waals surface area (Å²) < 4.78 is 1.30. The van der Waals surface area contributed by atoms with E-state index in [1.165, 1.54) is 80.7 Å². The zero-order valence-electron chi connectivity index (χ0n) is 29.0. The fourth-order valence-electron chi connectivity index (χ4n) is 7.57. The number of thiophene rings is 1. The van der Waals surface area contributed by atoms with E-state index in [2.05, 4.69) is 154 Å². The van der Waals surface area contributed by atoms with Gasteiger partial charge in [-0.3, -0.25) is 0 Å². The van der Waals surface area contributed by atoms with Crippen LogP contribution in [0.4, 0.5) is 0 Å². The van der Waals surface area contributed by atoms with Crippen molar-refractivity contribution in [2.24, 2.45) is 0 Å². The van der Waals surface area contributed by atoms with Crippen molar-refractivity contribution in [3.8, 4) is 11.1 Å². The SMILES string of the molecule is C=C/C=C\c1ccc(/C=C\C(=N)/C=C/C2=Cc3sc4cc(-c5ccc6c7ccccc7c7ccccc7c6c5)ccc4c3CC=C2)c(C)c1CC. The van der Waals surface area contributed by atoms with E-state index in [-0.39, 0.29) is 0 Å². The van der Waals surface area contributed by atoms with Gasteiger partial charge in [0.2, 0.25) is 0 Å². The predicted octanol–water partition coefficient (Wildman–Crippen LogP) is 13.9. The van der Waals surface area contributed by atoms with Gasteiger partial charge in [0.15, 0.2) is 0 Å². The number of hydrogen-bond acceptors (Lipinski definition) is 2. The number of hydrogen-bond donors (Lipinski definition) is 1. The van der Waals surface area contributed by atoms with E-state index in [1.54, 1.807) is 0 Å². The molecule has 0 radical (unpaired) electrons. The standard InChI is InChI=1S/C49H39NS/c1-4-6-13-35-21-20-34(32(3)39(35)5-2)22-26-38(50)25-19-33-12-11-18-45-46-28-24-37(31-49(46)51-48(45)29-33)36-23-27-44-42-16-8-7-14-40(42)41-15-9-10-17-43(41)47(44)30-36/h4,6-17,19-31,50H,1,5,18H2,2-3H3/b13-6-,25-19+,26-22-,50-38?. The molecule has 1 heterocycles. The van der Waals surface area contributed by atoms with Gasteiger partial charge in [-0.05, 0) is 132 Å². The second kappa shape index (κ2) is 13.8. The lowest BCUT2D eigenvalue weighted by Gasteiger charge is -2.12. The Balaban J connectivity index is 1.07. The van der Waals surface area contributed by atoms with Gasteiger partial charge in [0.05, 0.1) is 5.71 Å². The molecule has 1 aromatic heterocycles. The van der Waals surface area contributed by atoms with Gasteiger partial charge in [-0.15, -0.1) is 11.3 Å². The molecule has 2 heteroatoms. The van der Waals surface area contributed by atoms with Crippen molar-refractivity contribution in [1.82, 2.24) is 0 Å². The van der Waals surface area contributed by atoms with Crippen molar-refractivity contribution in [3.05, 3.63) is 184 Å².